The Morgan fingerprint density at radius 1 is 1.45 bits per heavy atom. The number of benzene rings is 1. The number of hydrogen-bond donors (Lipinski definition) is 2. The largest absolute Gasteiger partial charge is 0.494 e. The molecule has 2 rings (SSSR count). The number of morpholine rings is 1. The minimum Gasteiger partial charge on any atom is -0.494 e. The molecule has 1 saturated heterocycles. The lowest BCUT2D eigenvalue weighted by Gasteiger charge is -2.23. The van der Waals surface area contributed by atoms with E-state index in [1.54, 1.807) is 0 Å². The molecule has 0 saturated carbocycles. The summed E-state index contributed by atoms with van der Waals surface area (Å²) >= 11 is 0. The van der Waals surface area contributed by atoms with Crippen LogP contribution in [0.2, 0.25) is 0 Å². The van der Waals surface area contributed by atoms with Gasteiger partial charge in [0.05, 0.1) is 26.0 Å². The maximum atomic E-state index is 13.6. The fourth-order valence-electron chi connectivity index (χ4n) is 1.73. The number of amides is 1. The van der Waals surface area contributed by atoms with E-state index >= 15 is 0 Å². The van der Waals surface area contributed by atoms with Crippen molar-refractivity contribution in [2.45, 2.75) is 6.04 Å². The highest BCUT2D eigenvalue weighted by molar-refractivity contribution is 5.95. The smallest absolute Gasteiger partial charge is 0.243 e. The molecular weight excluding hydrogens is 294 g/mol. The van der Waals surface area contributed by atoms with Crippen LogP contribution in [-0.2, 0) is 9.53 Å². The number of rotatable bonds is 3. The van der Waals surface area contributed by atoms with Gasteiger partial charge in [-0.05, 0) is 0 Å². The number of hydrogen-bond acceptors (Lipinski definition) is 4. The first-order chi connectivity index (χ1) is 9.11. The monoisotopic (exact) mass is 308 g/mol. The van der Waals surface area contributed by atoms with Crippen molar-refractivity contribution < 1.29 is 23.0 Å². The second-order valence-electron chi connectivity index (χ2n) is 4.04. The number of halogens is 3. The molecule has 20 heavy (non-hydrogen) atoms. The van der Waals surface area contributed by atoms with Gasteiger partial charge in [-0.25, -0.2) is 8.78 Å². The Kier molecular flexibility index (Phi) is 6.12. The Bertz CT molecular complexity index is 482. The third kappa shape index (κ3) is 3.78. The van der Waals surface area contributed by atoms with Crippen LogP contribution in [0.15, 0.2) is 12.1 Å². The lowest BCUT2D eigenvalue weighted by Crippen LogP contribution is -2.48. The molecule has 1 aromatic rings. The quantitative estimate of drug-likeness (QED) is 0.884. The zero-order valence-electron chi connectivity index (χ0n) is 10.7. The molecule has 1 unspecified atom stereocenters. The minimum atomic E-state index is -0.761. The molecule has 1 amide bonds. The normalized spacial score (nSPS) is 18.1. The van der Waals surface area contributed by atoms with E-state index in [4.69, 9.17) is 4.74 Å². The van der Waals surface area contributed by atoms with E-state index < -0.39 is 23.6 Å². The summed E-state index contributed by atoms with van der Waals surface area (Å²) in [5.74, 6) is -2.19. The van der Waals surface area contributed by atoms with Crippen molar-refractivity contribution in [3.8, 4) is 5.75 Å². The first-order valence-electron chi connectivity index (χ1n) is 5.77. The number of ether oxygens (including phenoxy) is 2. The lowest BCUT2D eigenvalue weighted by atomic mass is 10.2. The highest BCUT2D eigenvalue weighted by Gasteiger charge is 2.22. The van der Waals surface area contributed by atoms with Gasteiger partial charge in [0.25, 0.3) is 0 Å². The Balaban J connectivity index is 0.00000200. The van der Waals surface area contributed by atoms with Crippen LogP contribution in [0.4, 0.5) is 14.5 Å². The predicted octanol–water partition coefficient (Wildman–Crippen LogP) is 1.32. The highest BCUT2D eigenvalue weighted by atomic mass is 35.5. The molecule has 0 radical (unpaired) electrons. The van der Waals surface area contributed by atoms with Gasteiger partial charge in [0.1, 0.15) is 6.04 Å². The summed E-state index contributed by atoms with van der Waals surface area (Å²) in [6, 6.07) is 1.20. The van der Waals surface area contributed by atoms with Crippen LogP contribution >= 0.6 is 12.4 Å². The summed E-state index contributed by atoms with van der Waals surface area (Å²) in [5, 5.41) is 5.24. The van der Waals surface area contributed by atoms with E-state index in [0.29, 0.717) is 13.2 Å². The van der Waals surface area contributed by atoms with Crippen LogP contribution in [0.1, 0.15) is 0 Å². The average molecular weight is 309 g/mol. The molecule has 1 atom stereocenters. The number of carbonyl (C=O) groups is 1. The van der Waals surface area contributed by atoms with Gasteiger partial charge < -0.3 is 20.1 Å². The number of carbonyl (C=O) groups excluding carboxylic acids is 1. The third-order valence-corrected chi connectivity index (χ3v) is 2.74. The predicted molar refractivity (Wildman–Crippen MR) is 71.4 cm³/mol. The fourth-order valence-corrected chi connectivity index (χ4v) is 1.73. The molecule has 0 spiro atoms. The van der Waals surface area contributed by atoms with Crippen LogP contribution in [0.3, 0.4) is 0 Å². The van der Waals surface area contributed by atoms with Crippen molar-refractivity contribution in [2.24, 2.45) is 0 Å². The molecule has 1 heterocycles. The van der Waals surface area contributed by atoms with Crippen LogP contribution in [0, 0.1) is 11.6 Å². The first kappa shape index (κ1) is 16.6. The van der Waals surface area contributed by atoms with Gasteiger partial charge in [-0.3, -0.25) is 4.79 Å². The van der Waals surface area contributed by atoms with Crippen molar-refractivity contribution in [1.29, 1.82) is 0 Å². The van der Waals surface area contributed by atoms with Crippen LogP contribution in [0.5, 0.6) is 5.75 Å². The van der Waals surface area contributed by atoms with Crippen molar-refractivity contribution in [2.75, 3.05) is 32.2 Å². The Hall–Kier alpha value is -1.44. The molecule has 1 fully saturated rings. The molecule has 1 aromatic carbocycles. The van der Waals surface area contributed by atoms with Gasteiger partial charge in [0, 0.05) is 18.7 Å². The maximum Gasteiger partial charge on any atom is 0.243 e. The summed E-state index contributed by atoms with van der Waals surface area (Å²) < 4.78 is 36.8. The molecule has 0 aliphatic carbocycles. The van der Waals surface area contributed by atoms with Gasteiger partial charge in [0.15, 0.2) is 17.4 Å². The van der Waals surface area contributed by atoms with E-state index in [2.05, 4.69) is 15.4 Å². The van der Waals surface area contributed by atoms with Crippen LogP contribution in [-0.4, -0.2) is 38.8 Å². The van der Waals surface area contributed by atoms with Crippen LogP contribution in [0.25, 0.3) is 0 Å². The van der Waals surface area contributed by atoms with E-state index in [0.717, 1.165) is 12.1 Å². The average Bonchev–Trinajstić information content (AvgIpc) is 2.43. The molecular formula is C12H15ClF2N2O3. The topological polar surface area (TPSA) is 59.6 Å². The van der Waals surface area contributed by atoms with Gasteiger partial charge >= 0.3 is 0 Å². The summed E-state index contributed by atoms with van der Waals surface area (Å²) in [6.45, 7) is 1.26. The molecule has 1 aliphatic heterocycles. The van der Waals surface area contributed by atoms with Gasteiger partial charge in [0.2, 0.25) is 5.91 Å². The standard InChI is InChI=1S/C12H14F2N2O3.ClH/c1-18-11-5-7(13)9(4-8(11)14)16-12(17)10-6-19-3-2-15-10;/h4-5,10,15H,2-3,6H2,1H3,(H,16,17);1H. The van der Waals surface area contributed by atoms with Crippen molar-refractivity contribution in [3.05, 3.63) is 23.8 Å². The van der Waals surface area contributed by atoms with Gasteiger partial charge in [-0.2, -0.15) is 0 Å². The molecule has 0 aromatic heterocycles. The fraction of sp³-hybridized carbons (Fsp3) is 0.417. The van der Waals surface area contributed by atoms with Crippen LogP contribution < -0.4 is 15.4 Å². The Morgan fingerprint density at radius 3 is 2.80 bits per heavy atom. The molecule has 2 N–H and O–H groups in total. The van der Waals surface area contributed by atoms with Gasteiger partial charge in [-0.1, -0.05) is 0 Å². The van der Waals surface area contributed by atoms with E-state index in [-0.39, 0.29) is 30.5 Å². The van der Waals surface area contributed by atoms with Crippen molar-refractivity contribution in [1.82, 2.24) is 5.32 Å². The Labute approximate surface area is 121 Å². The second kappa shape index (κ2) is 7.37. The van der Waals surface area contributed by atoms with E-state index in [1.165, 1.54) is 7.11 Å². The minimum absolute atomic E-state index is 0. The van der Waals surface area contributed by atoms with E-state index in [9.17, 15) is 13.6 Å². The Morgan fingerprint density at radius 2 is 2.20 bits per heavy atom. The molecule has 112 valence electrons. The number of anilines is 1. The second-order valence-corrected chi connectivity index (χ2v) is 4.04. The first-order valence-corrected chi connectivity index (χ1v) is 5.77. The summed E-state index contributed by atoms with van der Waals surface area (Å²) in [5.41, 5.74) is -0.226. The zero-order chi connectivity index (χ0) is 13.8. The lowest BCUT2D eigenvalue weighted by molar-refractivity contribution is -0.120. The highest BCUT2D eigenvalue weighted by Crippen LogP contribution is 2.24. The SMILES string of the molecule is COc1cc(F)c(NC(=O)C2COCCN2)cc1F.Cl. The maximum absolute atomic E-state index is 13.6. The third-order valence-electron chi connectivity index (χ3n) is 2.74. The van der Waals surface area contributed by atoms with Gasteiger partial charge in [-0.15, -0.1) is 12.4 Å². The molecule has 0 bridgehead atoms. The zero-order valence-corrected chi connectivity index (χ0v) is 11.6. The number of nitrogens with one attached hydrogen (secondary N) is 2. The van der Waals surface area contributed by atoms with E-state index in [1.807, 2.05) is 0 Å². The summed E-state index contributed by atoms with van der Waals surface area (Å²) in [7, 11) is 1.24. The van der Waals surface area contributed by atoms with Crippen molar-refractivity contribution >= 4 is 24.0 Å². The molecule has 5 nitrogen and oxygen atoms in total. The molecule has 8 heteroatoms. The summed E-state index contributed by atoms with van der Waals surface area (Å²) in [4.78, 5) is 11.8. The summed E-state index contributed by atoms with van der Waals surface area (Å²) in [6.07, 6.45) is 0. The van der Waals surface area contributed by atoms with Crippen molar-refractivity contribution in [3.63, 3.8) is 0 Å². The number of methoxy groups -OCH3 is 1. The molecule has 1 aliphatic rings.